The van der Waals surface area contributed by atoms with Gasteiger partial charge in [0.25, 0.3) is 0 Å². The second-order valence-electron chi connectivity index (χ2n) is 5.99. The quantitative estimate of drug-likeness (QED) is 0.768. The number of nitriles is 1. The van der Waals surface area contributed by atoms with Crippen LogP contribution in [0.1, 0.15) is 25.8 Å². The second-order valence-corrected chi connectivity index (χ2v) is 5.99. The summed E-state index contributed by atoms with van der Waals surface area (Å²) in [6.45, 7) is 4.43. The number of carbonyl (C=O) groups is 1. The number of benzene rings is 1. The van der Waals surface area contributed by atoms with Gasteiger partial charge in [0.2, 0.25) is 5.91 Å². The number of hydrogen-bond donors (Lipinski definition) is 2. The zero-order chi connectivity index (χ0) is 17.5. The van der Waals surface area contributed by atoms with Gasteiger partial charge in [0.1, 0.15) is 0 Å². The first-order valence-electron chi connectivity index (χ1n) is 8.11. The Balaban J connectivity index is 2.17. The van der Waals surface area contributed by atoms with Crippen molar-refractivity contribution in [1.82, 2.24) is 9.88 Å². The van der Waals surface area contributed by atoms with Gasteiger partial charge >= 0.3 is 0 Å². The molecule has 2 rings (SSSR count). The number of aliphatic hydroxyl groups is 1. The number of aromatic nitrogens is 1. The van der Waals surface area contributed by atoms with E-state index in [9.17, 15) is 4.79 Å². The van der Waals surface area contributed by atoms with Crippen LogP contribution in [0.5, 0.6) is 0 Å². The van der Waals surface area contributed by atoms with Crippen molar-refractivity contribution < 1.29 is 9.90 Å². The normalized spacial score (nSPS) is 13.8. The Labute approximate surface area is 142 Å². The standard InChI is InChI=1S/C19H23N3O2/c1-14(13-23)15(2)21-19(24)9-8-16-12-22(11-5-10-20)18-7-4-3-6-17(16)18/h3-4,6-9,12,14-15,23H,5,11,13H2,1-2H3,(H,21,24)/b9-8+. The highest BCUT2D eigenvalue weighted by atomic mass is 16.3. The lowest BCUT2D eigenvalue weighted by molar-refractivity contribution is -0.117. The van der Waals surface area contributed by atoms with Crippen molar-refractivity contribution in [2.24, 2.45) is 5.92 Å². The fraction of sp³-hybridized carbons (Fsp3) is 0.368. The number of aliphatic hydroxyl groups excluding tert-OH is 1. The minimum absolute atomic E-state index is 0.00949. The molecule has 2 aromatic rings. The van der Waals surface area contributed by atoms with Crippen LogP contribution < -0.4 is 5.32 Å². The van der Waals surface area contributed by atoms with Crippen molar-refractivity contribution in [3.8, 4) is 6.07 Å². The van der Waals surface area contributed by atoms with Crippen molar-refractivity contribution in [1.29, 1.82) is 5.26 Å². The van der Waals surface area contributed by atoms with Crippen molar-refractivity contribution in [3.05, 3.63) is 42.1 Å². The summed E-state index contributed by atoms with van der Waals surface area (Å²) in [6, 6.07) is 10.00. The first-order valence-corrected chi connectivity index (χ1v) is 8.11. The molecule has 5 nitrogen and oxygen atoms in total. The van der Waals surface area contributed by atoms with Crippen LogP contribution in [-0.4, -0.2) is 28.2 Å². The summed E-state index contributed by atoms with van der Waals surface area (Å²) in [7, 11) is 0. The summed E-state index contributed by atoms with van der Waals surface area (Å²) < 4.78 is 2.03. The van der Waals surface area contributed by atoms with Crippen LogP contribution in [0.3, 0.4) is 0 Å². The number of fused-ring (bicyclic) bond motifs is 1. The van der Waals surface area contributed by atoms with Crippen molar-refractivity contribution in [3.63, 3.8) is 0 Å². The van der Waals surface area contributed by atoms with Gasteiger partial charge in [-0.3, -0.25) is 4.79 Å². The third-order valence-electron chi connectivity index (χ3n) is 4.21. The lowest BCUT2D eigenvalue weighted by Crippen LogP contribution is -2.37. The summed E-state index contributed by atoms with van der Waals surface area (Å²) in [4.78, 5) is 12.0. The molecule has 0 aliphatic carbocycles. The summed E-state index contributed by atoms with van der Waals surface area (Å²) in [5.74, 6) is -0.174. The van der Waals surface area contributed by atoms with E-state index < -0.39 is 0 Å². The third-order valence-corrected chi connectivity index (χ3v) is 4.21. The predicted molar refractivity (Wildman–Crippen MR) is 95.1 cm³/mol. The Hall–Kier alpha value is -2.58. The maximum atomic E-state index is 12.0. The van der Waals surface area contributed by atoms with E-state index in [0.29, 0.717) is 13.0 Å². The van der Waals surface area contributed by atoms with Gasteiger partial charge in [-0.1, -0.05) is 25.1 Å². The highest BCUT2D eigenvalue weighted by Gasteiger charge is 2.12. The average molecular weight is 325 g/mol. The van der Waals surface area contributed by atoms with Gasteiger partial charge in [-0.2, -0.15) is 5.26 Å². The number of rotatable bonds is 7. The van der Waals surface area contributed by atoms with Gasteiger partial charge in [0.15, 0.2) is 0 Å². The Bertz CT molecular complexity index is 771. The van der Waals surface area contributed by atoms with Gasteiger partial charge in [-0.25, -0.2) is 0 Å². The van der Waals surface area contributed by atoms with E-state index in [4.69, 9.17) is 10.4 Å². The molecule has 0 saturated heterocycles. The Kier molecular flexibility index (Phi) is 6.16. The lowest BCUT2D eigenvalue weighted by atomic mass is 10.1. The SMILES string of the molecule is CC(CO)C(C)NC(=O)/C=C/c1cn(CCC#N)c2ccccc12. The maximum Gasteiger partial charge on any atom is 0.244 e. The van der Waals surface area contributed by atoms with E-state index in [1.807, 2.05) is 48.9 Å². The van der Waals surface area contributed by atoms with Crippen molar-refractivity contribution in [2.75, 3.05) is 6.61 Å². The zero-order valence-corrected chi connectivity index (χ0v) is 14.1. The van der Waals surface area contributed by atoms with E-state index in [2.05, 4.69) is 11.4 Å². The number of nitrogens with one attached hydrogen (secondary N) is 1. The van der Waals surface area contributed by atoms with Crippen LogP contribution in [0, 0.1) is 17.2 Å². The van der Waals surface area contributed by atoms with E-state index in [1.165, 1.54) is 6.08 Å². The topological polar surface area (TPSA) is 78.0 Å². The first kappa shape index (κ1) is 17.8. The smallest absolute Gasteiger partial charge is 0.244 e. The molecular weight excluding hydrogens is 302 g/mol. The van der Waals surface area contributed by atoms with Crippen LogP contribution >= 0.6 is 0 Å². The summed E-state index contributed by atoms with van der Waals surface area (Å²) in [5, 5.41) is 21.8. The molecule has 1 aromatic carbocycles. The molecule has 5 heteroatoms. The van der Waals surface area contributed by atoms with Gasteiger partial charge in [-0.05, 0) is 25.0 Å². The number of hydrogen-bond acceptors (Lipinski definition) is 3. The van der Waals surface area contributed by atoms with E-state index in [-0.39, 0.29) is 24.5 Å². The number of aryl methyl sites for hydroxylation is 1. The molecule has 126 valence electrons. The van der Waals surface area contributed by atoms with Crippen LogP contribution in [0.15, 0.2) is 36.5 Å². The van der Waals surface area contributed by atoms with E-state index >= 15 is 0 Å². The Morgan fingerprint density at radius 3 is 2.88 bits per heavy atom. The lowest BCUT2D eigenvalue weighted by Gasteiger charge is -2.17. The fourth-order valence-electron chi connectivity index (χ4n) is 2.50. The molecule has 1 heterocycles. The third kappa shape index (κ3) is 4.24. The Morgan fingerprint density at radius 2 is 2.17 bits per heavy atom. The first-order chi connectivity index (χ1) is 11.6. The molecule has 1 amide bonds. The number of nitrogens with zero attached hydrogens (tertiary/aromatic N) is 2. The largest absolute Gasteiger partial charge is 0.396 e. The van der Waals surface area contributed by atoms with E-state index in [1.54, 1.807) is 6.08 Å². The van der Waals surface area contributed by atoms with Crippen LogP contribution in [-0.2, 0) is 11.3 Å². The Morgan fingerprint density at radius 1 is 1.42 bits per heavy atom. The molecule has 0 aliphatic heterocycles. The summed E-state index contributed by atoms with van der Waals surface area (Å²) in [5.41, 5.74) is 2.00. The van der Waals surface area contributed by atoms with Crippen LogP contribution in [0.25, 0.3) is 17.0 Å². The molecule has 24 heavy (non-hydrogen) atoms. The van der Waals surface area contributed by atoms with Gasteiger partial charge < -0.3 is 15.0 Å². The molecule has 0 fully saturated rings. The van der Waals surface area contributed by atoms with Gasteiger partial charge in [0.05, 0.1) is 12.5 Å². The number of carbonyl (C=O) groups excluding carboxylic acids is 1. The monoisotopic (exact) mass is 325 g/mol. The molecule has 2 N–H and O–H groups in total. The second kappa shape index (κ2) is 8.32. The van der Waals surface area contributed by atoms with Crippen LogP contribution in [0.4, 0.5) is 0 Å². The fourth-order valence-corrected chi connectivity index (χ4v) is 2.50. The van der Waals surface area contributed by atoms with Crippen molar-refractivity contribution in [2.45, 2.75) is 32.9 Å². The minimum Gasteiger partial charge on any atom is -0.396 e. The molecule has 2 unspecified atom stereocenters. The molecule has 0 bridgehead atoms. The predicted octanol–water partition coefficient (Wildman–Crippen LogP) is 2.70. The average Bonchev–Trinajstić information content (AvgIpc) is 2.95. The number of amides is 1. The molecule has 2 atom stereocenters. The highest BCUT2D eigenvalue weighted by Crippen LogP contribution is 2.22. The minimum atomic E-state index is -0.184. The number of para-hydroxylation sites is 1. The maximum absolute atomic E-state index is 12.0. The van der Waals surface area contributed by atoms with Gasteiger partial charge in [-0.15, -0.1) is 0 Å². The molecular formula is C19H23N3O2. The van der Waals surface area contributed by atoms with Crippen molar-refractivity contribution >= 4 is 22.9 Å². The van der Waals surface area contributed by atoms with Gasteiger partial charge in [0, 0.05) is 47.9 Å². The summed E-state index contributed by atoms with van der Waals surface area (Å²) in [6.07, 6.45) is 5.71. The zero-order valence-electron chi connectivity index (χ0n) is 14.1. The summed E-state index contributed by atoms with van der Waals surface area (Å²) >= 11 is 0. The molecule has 0 spiro atoms. The molecule has 0 saturated carbocycles. The molecule has 0 radical (unpaired) electrons. The highest BCUT2D eigenvalue weighted by molar-refractivity contribution is 5.96. The van der Waals surface area contributed by atoms with Crippen LogP contribution in [0.2, 0.25) is 0 Å². The molecule has 0 aliphatic rings. The molecule has 1 aromatic heterocycles. The van der Waals surface area contributed by atoms with E-state index in [0.717, 1.165) is 16.5 Å².